The molecule has 0 spiro atoms. The number of carboxylic acids is 1. The minimum atomic E-state index is -0.752. The lowest BCUT2D eigenvalue weighted by molar-refractivity contribution is -0.161. The second-order valence-corrected chi connectivity index (χ2v) is 4.77. The van der Waals surface area contributed by atoms with Crippen LogP contribution in [0.15, 0.2) is 30.3 Å². The number of hydrazine groups is 2. The van der Waals surface area contributed by atoms with E-state index in [1.807, 2.05) is 35.4 Å². The quantitative estimate of drug-likeness (QED) is 0.739. The molecule has 2 saturated heterocycles. The number of hydrogen-bond donors (Lipinski definition) is 1. The highest BCUT2D eigenvalue weighted by atomic mass is 16.4. The summed E-state index contributed by atoms with van der Waals surface area (Å²) in [6.45, 7) is 3.87. The Hall–Kier alpha value is -1.43. The first-order valence-electron chi connectivity index (χ1n) is 6.31. The van der Waals surface area contributed by atoms with E-state index in [1.165, 1.54) is 0 Å². The highest BCUT2D eigenvalue weighted by Gasteiger charge is 2.42. The SMILES string of the molecule is O=C(O)C(Cc1ccccc1)N(N1CC1)N1CC1. The molecule has 0 aromatic heterocycles. The minimum Gasteiger partial charge on any atom is -0.480 e. The monoisotopic (exact) mass is 247 g/mol. The molecule has 1 N–H and O–H groups in total. The van der Waals surface area contributed by atoms with Crippen LogP contribution in [0.5, 0.6) is 0 Å². The molecule has 2 fully saturated rings. The van der Waals surface area contributed by atoms with Gasteiger partial charge in [0.15, 0.2) is 0 Å². The van der Waals surface area contributed by atoms with Crippen LogP contribution < -0.4 is 0 Å². The van der Waals surface area contributed by atoms with E-state index in [9.17, 15) is 9.90 Å². The van der Waals surface area contributed by atoms with Crippen LogP contribution in [0.3, 0.4) is 0 Å². The second-order valence-electron chi connectivity index (χ2n) is 4.77. The van der Waals surface area contributed by atoms with Gasteiger partial charge < -0.3 is 5.11 Å². The number of aliphatic carboxylic acids is 1. The summed E-state index contributed by atoms with van der Waals surface area (Å²) in [6, 6.07) is 9.33. The van der Waals surface area contributed by atoms with E-state index in [0.29, 0.717) is 6.42 Å². The molecule has 0 radical (unpaired) electrons. The van der Waals surface area contributed by atoms with Crippen molar-refractivity contribution in [2.45, 2.75) is 12.5 Å². The smallest absolute Gasteiger partial charge is 0.324 e. The molecule has 2 heterocycles. The molecule has 2 aliphatic rings. The third kappa shape index (κ3) is 2.53. The molecule has 1 aromatic carbocycles. The summed E-state index contributed by atoms with van der Waals surface area (Å²) in [4.78, 5) is 11.5. The van der Waals surface area contributed by atoms with Gasteiger partial charge in [-0.1, -0.05) is 30.3 Å². The van der Waals surface area contributed by atoms with Crippen LogP contribution >= 0.6 is 0 Å². The molecule has 2 aliphatic heterocycles. The molecule has 18 heavy (non-hydrogen) atoms. The summed E-state index contributed by atoms with van der Waals surface area (Å²) >= 11 is 0. The average Bonchev–Trinajstić information content (AvgIpc) is 3.24. The van der Waals surface area contributed by atoms with Gasteiger partial charge >= 0.3 is 5.97 Å². The molecular weight excluding hydrogens is 230 g/mol. The molecule has 0 bridgehead atoms. The van der Waals surface area contributed by atoms with E-state index in [-0.39, 0.29) is 0 Å². The van der Waals surface area contributed by atoms with E-state index in [0.717, 1.165) is 31.7 Å². The average molecular weight is 247 g/mol. The first-order valence-corrected chi connectivity index (χ1v) is 6.31. The topological polar surface area (TPSA) is 46.6 Å². The number of nitrogens with zero attached hydrogens (tertiary/aromatic N) is 3. The van der Waals surface area contributed by atoms with Gasteiger partial charge in [0.1, 0.15) is 6.04 Å². The molecule has 96 valence electrons. The highest BCUT2D eigenvalue weighted by molar-refractivity contribution is 5.73. The normalized spacial score (nSPS) is 20.9. The number of hydrogen-bond acceptors (Lipinski definition) is 4. The summed E-state index contributed by atoms with van der Waals surface area (Å²) in [5, 5.41) is 15.6. The van der Waals surface area contributed by atoms with Crippen molar-refractivity contribution in [3.05, 3.63) is 35.9 Å². The van der Waals surface area contributed by atoms with E-state index >= 15 is 0 Å². The molecular formula is C13H17N3O2. The lowest BCUT2D eigenvalue weighted by Crippen LogP contribution is -2.49. The molecule has 0 amide bonds. The molecule has 3 rings (SSSR count). The maximum absolute atomic E-state index is 11.5. The van der Waals surface area contributed by atoms with E-state index in [1.54, 1.807) is 0 Å². The predicted octanol–water partition coefficient (Wildman–Crippen LogP) is 0.446. The van der Waals surface area contributed by atoms with Crippen molar-refractivity contribution in [1.82, 2.24) is 15.1 Å². The van der Waals surface area contributed by atoms with Crippen LogP contribution in [0.25, 0.3) is 0 Å². The number of carboxylic acid groups (broad SMARTS) is 1. The Labute approximate surface area is 106 Å². The summed E-state index contributed by atoms with van der Waals surface area (Å²) in [6.07, 6.45) is 0.545. The lowest BCUT2D eigenvalue weighted by Gasteiger charge is -2.30. The molecule has 5 heteroatoms. The Morgan fingerprint density at radius 2 is 1.72 bits per heavy atom. The molecule has 1 atom stereocenters. The Morgan fingerprint density at radius 3 is 2.17 bits per heavy atom. The standard InChI is InChI=1S/C13H17N3O2/c17-13(18)12(10-11-4-2-1-3-5-11)16(14-6-7-14)15-8-9-15/h1-5,12H,6-10H2,(H,17,18). The van der Waals surface area contributed by atoms with Gasteiger partial charge in [0.05, 0.1) is 0 Å². The van der Waals surface area contributed by atoms with Gasteiger partial charge in [0.25, 0.3) is 0 Å². The summed E-state index contributed by atoms with van der Waals surface area (Å²) in [5.74, 6) is -0.752. The largest absolute Gasteiger partial charge is 0.480 e. The number of benzene rings is 1. The third-order valence-electron chi connectivity index (χ3n) is 3.26. The van der Waals surface area contributed by atoms with Crippen LogP contribution in [0.1, 0.15) is 5.56 Å². The van der Waals surface area contributed by atoms with Crippen molar-refractivity contribution < 1.29 is 9.90 Å². The zero-order valence-electron chi connectivity index (χ0n) is 10.2. The van der Waals surface area contributed by atoms with Gasteiger partial charge in [0.2, 0.25) is 0 Å². The molecule has 5 nitrogen and oxygen atoms in total. The molecule has 0 aliphatic carbocycles. The van der Waals surface area contributed by atoms with Crippen LogP contribution in [0.2, 0.25) is 0 Å². The minimum absolute atomic E-state index is 0.489. The van der Waals surface area contributed by atoms with E-state index in [2.05, 4.69) is 10.0 Å². The number of carbonyl (C=O) groups is 1. The van der Waals surface area contributed by atoms with Crippen LogP contribution in [0.4, 0.5) is 0 Å². The Kier molecular flexibility index (Phi) is 3.03. The Bertz CT molecular complexity index is 417. The fraction of sp³-hybridized carbons (Fsp3) is 0.462. The van der Waals surface area contributed by atoms with Crippen molar-refractivity contribution in [2.75, 3.05) is 26.2 Å². The highest BCUT2D eigenvalue weighted by Crippen LogP contribution is 2.24. The first kappa shape index (κ1) is 11.6. The Balaban J connectivity index is 1.76. The fourth-order valence-electron chi connectivity index (χ4n) is 2.18. The molecule has 1 unspecified atom stereocenters. The summed E-state index contributed by atoms with van der Waals surface area (Å²) in [5.41, 5.74) is 1.07. The predicted molar refractivity (Wildman–Crippen MR) is 66.6 cm³/mol. The van der Waals surface area contributed by atoms with Crippen molar-refractivity contribution in [2.24, 2.45) is 0 Å². The zero-order chi connectivity index (χ0) is 12.5. The van der Waals surface area contributed by atoms with Gasteiger partial charge in [-0.05, 0) is 5.56 Å². The maximum atomic E-state index is 11.5. The Morgan fingerprint density at radius 1 is 1.17 bits per heavy atom. The molecule has 1 aromatic rings. The summed E-state index contributed by atoms with van der Waals surface area (Å²) < 4.78 is 0. The van der Waals surface area contributed by atoms with Crippen LogP contribution in [0, 0.1) is 0 Å². The van der Waals surface area contributed by atoms with Gasteiger partial charge in [0, 0.05) is 32.6 Å². The van der Waals surface area contributed by atoms with Gasteiger partial charge in [-0.2, -0.15) is 5.12 Å². The fourth-order valence-corrected chi connectivity index (χ4v) is 2.18. The van der Waals surface area contributed by atoms with Crippen molar-refractivity contribution in [1.29, 1.82) is 0 Å². The summed E-state index contributed by atoms with van der Waals surface area (Å²) in [7, 11) is 0. The number of rotatable bonds is 6. The van der Waals surface area contributed by atoms with Crippen LogP contribution in [-0.4, -0.2) is 58.4 Å². The van der Waals surface area contributed by atoms with Gasteiger partial charge in [-0.15, -0.1) is 0 Å². The van der Waals surface area contributed by atoms with Gasteiger partial charge in [-0.3, -0.25) is 4.79 Å². The van der Waals surface area contributed by atoms with Gasteiger partial charge in [-0.25, -0.2) is 10.0 Å². The lowest BCUT2D eigenvalue weighted by atomic mass is 10.1. The third-order valence-corrected chi connectivity index (χ3v) is 3.26. The maximum Gasteiger partial charge on any atom is 0.324 e. The first-order chi connectivity index (χ1) is 8.75. The van der Waals surface area contributed by atoms with Crippen molar-refractivity contribution in [3.63, 3.8) is 0 Å². The second kappa shape index (κ2) is 4.68. The molecule has 0 saturated carbocycles. The van der Waals surface area contributed by atoms with Crippen molar-refractivity contribution in [3.8, 4) is 0 Å². The van der Waals surface area contributed by atoms with Crippen LogP contribution in [-0.2, 0) is 11.2 Å². The van der Waals surface area contributed by atoms with E-state index in [4.69, 9.17) is 0 Å². The van der Waals surface area contributed by atoms with Crippen molar-refractivity contribution >= 4 is 5.97 Å². The zero-order valence-corrected chi connectivity index (χ0v) is 10.2. The van der Waals surface area contributed by atoms with E-state index < -0.39 is 12.0 Å².